The number of hydrogen-bond acceptors (Lipinski definition) is 3. The molecule has 1 aliphatic rings. The van der Waals surface area contributed by atoms with Gasteiger partial charge in [-0.2, -0.15) is 0 Å². The molecular formula is C12H23NO3. The third-order valence-corrected chi connectivity index (χ3v) is 3.02. The SMILES string of the molecule is CC(C)COC(=O)N1CCC([C@@H](C)O)CC1. The van der Waals surface area contributed by atoms with E-state index in [1.807, 2.05) is 20.8 Å². The quantitative estimate of drug-likeness (QED) is 0.803. The first kappa shape index (κ1) is 13.3. The summed E-state index contributed by atoms with van der Waals surface area (Å²) in [5.41, 5.74) is 0. The van der Waals surface area contributed by atoms with Gasteiger partial charge in [0.05, 0.1) is 12.7 Å². The van der Waals surface area contributed by atoms with Gasteiger partial charge in [0.15, 0.2) is 0 Å². The minimum Gasteiger partial charge on any atom is -0.449 e. The van der Waals surface area contributed by atoms with E-state index < -0.39 is 0 Å². The summed E-state index contributed by atoms with van der Waals surface area (Å²) in [6.45, 7) is 7.74. The van der Waals surface area contributed by atoms with Gasteiger partial charge in [-0.15, -0.1) is 0 Å². The molecule has 1 amide bonds. The molecule has 0 radical (unpaired) electrons. The number of piperidine rings is 1. The van der Waals surface area contributed by atoms with E-state index in [9.17, 15) is 9.90 Å². The van der Waals surface area contributed by atoms with Gasteiger partial charge in [0.2, 0.25) is 0 Å². The number of likely N-dealkylation sites (tertiary alicyclic amines) is 1. The molecule has 0 unspecified atom stereocenters. The second-order valence-electron chi connectivity index (χ2n) is 5.04. The highest BCUT2D eigenvalue weighted by atomic mass is 16.6. The fourth-order valence-electron chi connectivity index (χ4n) is 1.89. The van der Waals surface area contributed by atoms with Crippen LogP contribution in [0.2, 0.25) is 0 Å². The zero-order valence-corrected chi connectivity index (χ0v) is 10.5. The average molecular weight is 229 g/mol. The summed E-state index contributed by atoms with van der Waals surface area (Å²) in [4.78, 5) is 13.4. The number of ether oxygens (including phenoxy) is 1. The van der Waals surface area contributed by atoms with Crippen molar-refractivity contribution in [2.45, 2.75) is 39.7 Å². The molecule has 1 aliphatic heterocycles. The summed E-state index contributed by atoms with van der Waals surface area (Å²) in [5.74, 6) is 0.702. The average Bonchev–Trinajstić information content (AvgIpc) is 2.26. The molecule has 1 atom stereocenters. The summed E-state index contributed by atoms with van der Waals surface area (Å²) < 4.78 is 5.16. The van der Waals surface area contributed by atoms with E-state index in [0.717, 1.165) is 12.8 Å². The van der Waals surface area contributed by atoms with Crippen LogP contribution in [0.4, 0.5) is 4.79 Å². The first-order valence-electron chi connectivity index (χ1n) is 6.10. The Balaban J connectivity index is 2.27. The highest BCUT2D eigenvalue weighted by molar-refractivity contribution is 5.67. The fraction of sp³-hybridized carbons (Fsp3) is 0.917. The van der Waals surface area contributed by atoms with Crippen LogP contribution < -0.4 is 0 Å². The molecule has 0 aromatic heterocycles. The highest BCUT2D eigenvalue weighted by Crippen LogP contribution is 2.20. The lowest BCUT2D eigenvalue weighted by atomic mass is 9.92. The lowest BCUT2D eigenvalue weighted by Gasteiger charge is -2.32. The van der Waals surface area contributed by atoms with Crippen LogP contribution in [0.3, 0.4) is 0 Å². The van der Waals surface area contributed by atoms with Crippen molar-refractivity contribution in [3.8, 4) is 0 Å². The first-order chi connectivity index (χ1) is 7.50. The molecule has 4 heteroatoms. The minimum absolute atomic E-state index is 0.210. The molecular weight excluding hydrogens is 206 g/mol. The lowest BCUT2D eigenvalue weighted by Crippen LogP contribution is -2.41. The van der Waals surface area contributed by atoms with Crippen LogP contribution >= 0.6 is 0 Å². The van der Waals surface area contributed by atoms with Gasteiger partial charge in [-0.3, -0.25) is 0 Å². The van der Waals surface area contributed by atoms with Crippen LogP contribution in [0.5, 0.6) is 0 Å². The van der Waals surface area contributed by atoms with E-state index in [4.69, 9.17) is 4.74 Å². The van der Waals surface area contributed by atoms with Gasteiger partial charge in [-0.05, 0) is 31.6 Å². The summed E-state index contributed by atoms with van der Waals surface area (Å²) in [6, 6.07) is 0. The molecule has 1 N–H and O–H groups in total. The van der Waals surface area contributed by atoms with Gasteiger partial charge in [0, 0.05) is 13.1 Å². The number of amides is 1. The van der Waals surface area contributed by atoms with E-state index in [1.54, 1.807) is 4.90 Å². The number of aliphatic hydroxyl groups is 1. The van der Waals surface area contributed by atoms with Crippen LogP contribution in [0.1, 0.15) is 33.6 Å². The van der Waals surface area contributed by atoms with Crippen molar-refractivity contribution in [2.75, 3.05) is 19.7 Å². The van der Waals surface area contributed by atoms with E-state index >= 15 is 0 Å². The molecule has 1 rings (SSSR count). The number of aliphatic hydroxyl groups excluding tert-OH is 1. The van der Waals surface area contributed by atoms with Crippen molar-refractivity contribution < 1.29 is 14.6 Å². The zero-order chi connectivity index (χ0) is 12.1. The van der Waals surface area contributed by atoms with Crippen LogP contribution in [0, 0.1) is 11.8 Å². The Kier molecular flexibility index (Phi) is 5.06. The number of nitrogens with zero attached hydrogens (tertiary/aromatic N) is 1. The van der Waals surface area contributed by atoms with Crippen molar-refractivity contribution in [2.24, 2.45) is 11.8 Å². The van der Waals surface area contributed by atoms with Gasteiger partial charge in [-0.1, -0.05) is 13.8 Å². The molecule has 0 aliphatic carbocycles. The van der Waals surface area contributed by atoms with Gasteiger partial charge < -0.3 is 14.7 Å². The van der Waals surface area contributed by atoms with Crippen molar-refractivity contribution in [3.05, 3.63) is 0 Å². The molecule has 0 aromatic carbocycles. The van der Waals surface area contributed by atoms with E-state index in [2.05, 4.69) is 0 Å². The number of hydrogen-bond donors (Lipinski definition) is 1. The molecule has 94 valence electrons. The molecule has 16 heavy (non-hydrogen) atoms. The van der Waals surface area contributed by atoms with Gasteiger partial charge in [0.25, 0.3) is 0 Å². The Morgan fingerprint density at radius 1 is 1.38 bits per heavy atom. The van der Waals surface area contributed by atoms with Crippen LogP contribution in [0.15, 0.2) is 0 Å². The summed E-state index contributed by atoms with van der Waals surface area (Å²) >= 11 is 0. The van der Waals surface area contributed by atoms with Crippen molar-refractivity contribution in [1.82, 2.24) is 4.90 Å². The Hall–Kier alpha value is -0.770. The predicted octanol–water partition coefficient (Wildman–Crippen LogP) is 1.87. The number of carbonyl (C=O) groups is 1. The molecule has 4 nitrogen and oxygen atoms in total. The largest absolute Gasteiger partial charge is 0.449 e. The highest BCUT2D eigenvalue weighted by Gasteiger charge is 2.26. The van der Waals surface area contributed by atoms with Crippen molar-refractivity contribution in [1.29, 1.82) is 0 Å². The molecule has 1 heterocycles. The van der Waals surface area contributed by atoms with Crippen molar-refractivity contribution in [3.63, 3.8) is 0 Å². The Labute approximate surface area is 97.6 Å². The van der Waals surface area contributed by atoms with Gasteiger partial charge in [0.1, 0.15) is 0 Å². The maximum absolute atomic E-state index is 11.6. The third kappa shape index (κ3) is 4.00. The number of carbonyl (C=O) groups excluding carboxylic acids is 1. The predicted molar refractivity (Wildman–Crippen MR) is 62.2 cm³/mol. The van der Waals surface area contributed by atoms with Crippen LogP contribution in [-0.4, -0.2) is 41.9 Å². The third-order valence-electron chi connectivity index (χ3n) is 3.02. The van der Waals surface area contributed by atoms with Crippen molar-refractivity contribution >= 4 is 6.09 Å². The maximum Gasteiger partial charge on any atom is 0.409 e. The lowest BCUT2D eigenvalue weighted by molar-refractivity contribution is 0.0514. The smallest absolute Gasteiger partial charge is 0.409 e. The Bertz CT molecular complexity index is 220. The summed E-state index contributed by atoms with van der Waals surface area (Å²) in [5, 5.41) is 9.44. The van der Waals surface area contributed by atoms with E-state index in [-0.39, 0.29) is 12.2 Å². The molecule has 0 bridgehead atoms. The summed E-state index contributed by atoms with van der Waals surface area (Å²) in [7, 11) is 0. The second kappa shape index (κ2) is 6.09. The van der Waals surface area contributed by atoms with Crippen LogP contribution in [-0.2, 0) is 4.74 Å². The molecule has 1 saturated heterocycles. The second-order valence-corrected chi connectivity index (χ2v) is 5.04. The summed E-state index contributed by atoms with van der Waals surface area (Å²) in [6.07, 6.45) is 1.26. The molecule has 1 fully saturated rings. The van der Waals surface area contributed by atoms with Gasteiger partial charge in [-0.25, -0.2) is 4.79 Å². The number of rotatable bonds is 3. The monoisotopic (exact) mass is 229 g/mol. The fourth-order valence-corrected chi connectivity index (χ4v) is 1.89. The van der Waals surface area contributed by atoms with Gasteiger partial charge >= 0.3 is 6.09 Å². The topological polar surface area (TPSA) is 49.8 Å². The first-order valence-corrected chi connectivity index (χ1v) is 6.10. The molecule has 0 spiro atoms. The molecule has 0 aromatic rings. The Morgan fingerprint density at radius 2 is 1.94 bits per heavy atom. The zero-order valence-electron chi connectivity index (χ0n) is 10.5. The normalized spacial score (nSPS) is 19.9. The van der Waals surface area contributed by atoms with Crippen LogP contribution in [0.25, 0.3) is 0 Å². The van der Waals surface area contributed by atoms with E-state index in [1.165, 1.54) is 0 Å². The minimum atomic E-state index is -0.270. The molecule has 0 saturated carbocycles. The Morgan fingerprint density at radius 3 is 2.38 bits per heavy atom. The maximum atomic E-state index is 11.6. The standard InChI is InChI=1S/C12H23NO3/c1-9(2)8-16-12(15)13-6-4-11(5-7-13)10(3)14/h9-11,14H,4-8H2,1-3H3/t10-/m1/s1. The van der Waals surface area contributed by atoms with E-state index in [0.29, 0.717) is 31.5 Å².